The fourth-order valence-electron chi connectivity index (χ4n) is 1.83. The number of hydrogen-bond donors (Lipinski definition) is 2. The van der Waals surface area contributed by atoms with E-state index in [1.165, 1.54) is 0 Å². The Labute approximate surface area is 149 Å². The highest BCUT2D eigenvalue weighted by atomic mass is 32.1. The summed E-state index contributed by atoms with van der Waals surface area (Å²) in [5, 5.41) is 5.80. The molecule has 6 heteroatoms. The van der Waals surface area contributed by atoms with Gasteiger partial charge < -0.3 is 15.4 Å². The Bertz CT molecular complexity index is 589. The molecule has 0 aliphatic rings. The fourth-order valence-corrected chi connectivity index (χ4v) is 2.06. The zero-order chi connectivity index (χ0) is 18.3. The number of amides is 1. The number of esters is 1. The number of rotatable bonds is 5. The predicted molar refractivity (Wildman–Crippen MR) is 100.0 cm³/mol. The summed E-state index contributed by atoms with van der Waals surface area (Å²) in [5.41, 5.74) is 1.07. The third kappa shape index (κ3) is 8.06. The zero-order valence-electron chi connectivity index (χ0n) is 14.9. The zero-order valence-corrected chi connectivity index (χ0v) is 15.8. The Balaban J connectivity index is 2.53. The molecule has 1 rings (SSSR count). The molecule has 0 unspecified atom stereocenters. The Morgan fingerprint density at radius 3 is 2.25 bits per heavy atom. The van der Waals surface area contributed by atoms with Crippen LogP contribution in [0.5, 0.6) is 0 Å². The number of anilines is 1. The predicted octanol–water partition coefficient (Wildman–Crippen LogP) is 3.75. The molecule has 0 spiro atoms. The molecule has 0 aliphatic carbocycles. The van der Waals surface area contributed by atoms with Gasteiger partial charge in [0.25, 0.3) is 0 Å². The van der Waals surface area contributed by atoms with Gasteiger partial charge in [0.1, 0.15) is 0 Å². The van der Waals surface area contributed by atoms with Crippen LogP contribution in [0.1, 0.15) is 51.4 Å². The standard InChI is InChI=1S/C18H26N2O3S/c1-12(2)11-23-16(22)13-6-8-14(9-7-13)19-17(24)20-15(21)10-18(3,4)5/h6-9,12H,10-11H2,1-5H3,(H2,19,20,21,24). The lowest BCUT2D eigenvalue weighted by Gasteiger charge is -2.17. The Morgan fingerprint density at radius 1 is 1.17 bits per heavy atom. The third-order valence-corrected chi connectivity index (χ3v) is 3.07. The molecular formula is C18H26N2O3S. The highest BCUT2D eigenvalue weighted by Gasteiger charge is 2.16. The third-order valence-electron chi connectivity index (χ3n) is 2.87. The summed E-state index contributed by atoms with van der Waals surface area (Å²) in [7, 11) is 0. The number of benzene rings is 1. The number of thiocarbonyl (C=S) groups is 1. The van der Waals surface area contributed by atoms with E-state index in [0.29, 0.717) is 30.2 Å². The lowest BCUT2D eigenvalue weighted by atomic mass is 9.92. The number of carbonyl (C=O) groups excluding carboxylic acids is 2. The van der Waals surface area contributed by atoms with Gasteiger partial charge in [-0.2, -0.15) is 0 Å². The van der Waals surface area contributed by atoms with Crippen LogP contribution in [0.25, 0.3) is 0 Å². The molecule has 132 valence electrons. The van der Waals surface area contributed by atoms with Gasteiger partial charge in [0.05, 0.1) is 12.2 Å². The summed E-state index contributed by atoms with van der Waals surface area (Å²) in [4.78, 5) is 23.7. The van der Waals surface area contributed by atoms with Gasteiger partial charge in [-0.25, -0.2) is 4.79 Å². The van der Waals surface area contributed by atoms with Crippen molar-refractivity contribution >= 4 is 34.9 Å². The first kappa shape index (κ1) is 20.1. The molecule has 0 atom stereocenters. The molecule has 0 radical (unpaired) electrons. The first-order chi connectivity index (χ1) is 11.1. The maximum absolute atomic E-state index is 11.8. The van der Waals surface area contributed by atoms with Gasteiger partial charge >= 0.3 is 5.97 Å². The van der Waals surface area contributed by atoms with Crippen molar-refractivity contribution in [3.63, 3.8) is 0 Å². The molecule has 5 nitrogen and oxygen atoms in total. The topological polar surface area (TPSA) is 67.4 Å². The number of ether oxygens (including phenoxy) is 1. The van der Waals surface area contributed by atoms with Crippen molar-refractivity contribution < 1.29 is 14.3 Å². The highest BCUT2D eigenvalue weighted by Crippen LogP contribution is 2.18. The lowest BCUT2D eigenvalue weighted by molar-refractivity contribution is -0.121. The fraction of sp³-hybridized carbons (Fsp3) is 0.500. The van der Waals surface area contributed by atoms with Crippen molar-refractivity contribution in [2.45, 2.75) is 41.0 Å². The van der Waals surface area contributed by atoms with Crippen LogP contribution in [0.15, 0.2) is 24.3 Å². The van der Waals surface area contributed by atoms with E-state index in [9.17, 15) is 9.59 Å². The molecule has 0 saturated heterocycles. The molecule has 0 saturated carbocycles. The quantitative estimate of drug-likeness (QED) is 0.625. The first-order valence-corrected chi connectivity index (χ1v) is 8.35. The Morgan fingerprint density at radius 2 is 1.75 bits per heavy atom. The van der Waals surface area contributed by atoms with Gasteiger partial charge in [-0.1, -0.05) is 34.6 Å². The van der Waals surface area contributed by atoms with Crippen LogP contribution in [0, 0.1) is 11.3 Å². The normalized spacial score (nSPS) is 11.1. The minimum absolute atomic E-state index is 0.0995. The van der Waals surface area contributed by atoms with Crippen LogP contribution in [-0.4, -0.2) is 23.6 Å². The first-order valence-electron chi connectivity index (χ1n) is 7.95. The van der Waals surface area contributed by atoms with E-state index in [-0.39, 0.29) is 22.4 Å². The Kier molecular flexibility index (Phi) is 7.35. The van der Waals surface area contributed by atoms with Crippen LogP contribution < -0.4 is 10.6 Å². The van der Waals surface area contributed by atoms with Crippen LogP contribution in [0.3, 0.4) is 0 Å². The molecule has 1 amide bonds. The van der Waals surface area contributed by atoms with E-state index in [4.69, 9.17) is 17.0 Å². The largest absolute Gasteiger partial charge is 0.462 e. The number of carbonyl (C=O) groups is 2. The van der Waals surface area contributed by atoms with E-state index in [1.54, 1.807) is 24.3 Å². The maximum Gasteiger partial charge on any atom is 0.338 e. The summed E-state index contributed by atoms with van der Waals surface area (Å²) < 4.78 is 5.17. The molecule has 0 aliphatic heterocycles. The Hall–Kier alpha value is -1.95. The summed E-state index contributed by atoms with van der Waals surface area (Å²) in [6, 6.07) is 6.75. The summed E-state index contributed by atoms with van der Waals surface area (Å²) in [6.45, 7) is 10.3. The molecule has 24 heavy (non-hydrogen) atoms. The van der Waals surface area contributed by atoms with Crippen molar-refractivity contribution in [3.8, 4) is 0 Å². The molecule has 2 N–H and O–H groups in total. The van der Waals surface area contributed by atoms with Crippen molar-refractivity contribution in [1.82, 2.24) is 5.32 Å². The lowest BCUT2D eigenvalue weighted by Crippen LogP contribution is -2.36. The maximum atomic E-state index is 11.8. The van der Waals surface area contributed by atoms with Gasteiger partial charge in [-0.3, -0.25) is 4.79 Å². The molecule has 0 aromatic heterocycles. The molecular weight excluding hydrogens is 324 g/mol. The smallest absolute Gasteiger partial charge is 0.338 e. The average molecular weight is 350 g/mol. The minimum Gasteiger partial charge on any atom is -0.462 e. The average Bonchev–Trinajstić information content (AvgIpc) is 2.43. The second kappa shape index (κ2) is 8.78. The van der Waals surface area contributed by atoms with E-state index in [0.717, 1.165) is 0 Å². The SMILES string of the molecule is CC(C)COC(=O)c1ccc(NC(=S)NC(=O)CC(C)(C)C)cc1. The summed E-state index contributed by atoms with van der Waals surface area (Å²) in [6.07, 6.45) is 0.384. The van der Waals surface area contributed by atoms with Crippen LogP contribution >= 0.6 is 12.2 Å². The summed E-state index contributed by atoms with van der Waals surface area (Å²) in [5.74, 6) is -0.186. The van der Waals surface area contributed by atoms with Crippen molar-refractivity contribution in [2.75, 3.05) is 11.9 Å². The van der Waals surface area contributed by atoms with Crippen LogP contribution in [0.4, 0.5) is 5.69 Å². The van der Waals surface area contributed by atoms with Gasteiger partial charge in [0.15, 0.2) is 5.11 Å². The second-order valence-electron chi connectivity index (χ2n) is 7.31. The van der Waals surface area contributed by atoms with Gasteiger partial charge in [-0.05, 0) is 47.8 Å². The van der Waals surface area contributed by atoms with Gasteiger partial charge in [0, 0.05) is 12.1 Å². The molecule has 1 aromatic rings. The number of hydrogen-bond acceptors (Lipinski definition) is 4. The second-order valence-corrected chi connectivity index (χ2v) is 7.72. The van der Waals surface area contributed by atoms with Gasteiger partial charge in [0.2, 0.25) is 5.91 Å². The molecule has 1 aromatic carbocycles. The molecule has 0 bridgehead atoms. The van der Waals surface area contributed by atoms with Crippen molar-refractivity contribution in [1.29, 1.82) is 0 Å². The van der Waals surface area contributed by atoms with Crippen molar-refractivity contribution in [3.05, 3.63) is 29.8 Å². The highest BCUT2D eigenvalue weighted by molar-refractivity contribution is 7.80. The van der Waals surface area contributed by atoms with E-state index >= 15 is 0 Å². The monoisotopic (exact) mass is 350 g/mol. The van der Waals surface area contributed by atoms with E-state index in [2.05, 4.69) is 10.6 Å². The molecule has 0 fully saturated rings. The van der Waals surface area contributed by atoms with Crippen LogP contribution in [0.2, 0.25) is 0 Å². The summed E-state index contributed by atoms with van der Waals surface area (Å²) >= 11 is 5.12. The minimum atomic E-state index is -0.351. The van der Waals surface area contributed by atoms with Crippen molar-refractivity contribution in [2.24, 2.45) is 11.3 Å². The number of nitrogens with one attached hydrogen (secondary N) is 2. The van der Waals surface area contributed by atoms with Crippen LogP contribution in [-0.2, 0) is 9.53 Å². The van der Waals surface area contributed by atoms with E-state index in [1.807, 2.05) is 34.6 Å². The van der Waals surface area contributed by atoms with E-state index < -0.39 is 0 Å². The molecule has 0 heterocycles. The van der Waals surface area contributed by atoms with Gasteiger partial charge in [-0.15, -0.1) is 0 Å².